The lowest BCUT2D eigenvalue weighted by molar-refractivity contribution is -0.168. The van der Waals surface area contributed by atoms with Crippen LogP contribution in [0.5, 0.6) is 0 Å². The molecule has 2 fully saturated rings. The van der Waals surface area contributed by atoms with E-state index in [1.54, 1.807) is 0 Å². The summed E-state index contributed by atoms with van der Waals surface area (Å²) < 4.78 is 10.6. The first-order valence-corrected chi connectivity index (χ1v) is 6.29. The highest BCUT2D eigenvalue weighted by molar-refractivity contribution is 5.78. The average molecular weight is 255 g/mol. The van der Waals surface area contributed by atoms with Crippen molar-refractivity contribution >= 4 is 12.1 Å². The zero-order valence-electron chi connectivity index (χ0n) is 11.6. The number of alkyl carbamates (subject to hydrolysis) is 1. The number of ether oxygens (including phenoxy) is 2. The minimum absolute atomic E-state index is 0.148. The van der Waals surface area contributed by atoms with E-state index in [9.17, 15) is 9.59 Å². The third-order valence-corrected chi connectivity index (χ3v) is 3.77. The van der Waals surface area contributed by atoms with Crippen LogP contribution in [0.1, 0.15) is 47.5 Å². The second kappa shape index (κ2) is 3.62. The van der Waals surface area contributed by atoms with Gasteiger partial charge < -0.3 is 14.8 Å². The summed E-state index contributed by atoms with van der Waals surface area (Å²) in [5.74, 6) is -0.337. The second-order valence-corrected chi connectivity index (χ2v) is 6.75. The predicted octanol–water partition coefficient (Wildman–Crippen LogP) is 2.00. The van der Waals surface area contributed by atoms with Gasteiger partial charge in [0.15, 0.2) is 0 Å². The van der Waals surface area contributed by atoms with Crippen LogP contribution in [-0.4, -0.2) is 28.8 Å². The van der Waals surface area contributed by atoms with Gasteiger partial charge >= 0.3 is 12.1 Å². The van der Waals surface area contributed by atoms with Gasteiger partial charge in [-0.1, -0.05) is 0 Å². The van der Waals surface area contributed by atoms with Crippen molar-refractivity contribution in [2.24, 2.45) is 5.92 Å². The molecule has 0 aromatic carbocycles. The molecule has 1 amide bonds. The van der Waals surface area contributed by atoms with E-state index >= 15 is 0 Å². The van der Waals surface area contributed by atoms with Gasteiger partial charge in [-0.25, -0.2) is 4.79 Å². The Morgan fingerprint density at radius 3 is 2.33 bits per heavy atom. The quantitative estimate of drug-likeness (QED) is 0.728. The monoisotopic (exact) mass is 255 g/mol. The average Bonchev–Trinajstić information content (AvgIpc) is 2.28. The minimum Gasteiger partial charge on any atom is -0.460 e. The van der Waals surface area contributed by atoms with Gasteiger partial charge in [0.25, 0.3) is 0 Å². The number of carbonyl (C=O) groups excluding carboxylic acids is 2. The lowest BCUT2D eigenvalue weighted by Gasteiger charge is -2.49. The molecule has 1 aliphatic carbocycles. The van der Waals surface area contributed by atoms with Crippen LogP contribution >= 0.6 is 0 Å². The van der Waals surface area contributed by atoms with Crippen molar-refractivity contribution in [3.05, 3.63) is 0 Å². The summed E-state index contributed by atoms with van der Waals surface area (Å²) in [5.41, 5.74) is -1.45. The van der Waals surface area contributed by atoms with Gasteiger partial charge in [0.1, 0.15) is 11.2 Å². The molecule has 1 N–H and O–H groups in total. The summed E-state index contributed by atoms with van der Waals surface area (Å²) in [6.45, 7) is 9.30. The molecule has 5 heteroatoms. The van der Waals surface area contributed by atoms with Crippen LogP contribution in [0.3, 0.4) is 0 Å². The van der Waals surface area contributed by atoms with Gasteiger partial charge in [0, 0.05) is 0 Å². The maximum atomic E-state index is 11.9. The fraction of sp³-hybridized carbons (Fsp3) is 0.846. The molecule has 0 unspecified atom stereocenters. The Labute approximate surface area is 107 Å². The molecule has 1 saturated heterocycles. The summed E-state index contributed by atoms with van der Waals surface area (Å²) in [6, 6.07) is 0. The molecular formula is C13H21NO4. The zero-order chi connectivity index (χ0) is 13.8. The van der Waals surface area contributed by atoms with E-state index in [0.29, 0.717) is 12.8 Å². The second-order valence-electron chi connectivity index (χ2n) is 6.75. The predicted molar refractivity (Wildman–Crippen MR) is 65.0 cm³/mol. The highest BCUT2D eigenvalue weighted by atomic mass is 16.6. The van der Waals surface area contributed by atoms with Crippen LogP contribution in [0, 0.1) is 5.92 Å². The standard InChI is InChI=1S/C13H21NO4/c1-11(2,3)17-9(15)8-6-13(7-8)12(4,5)18-10(16)14-13/h8H,6-7H2,1-5H3,(H,14,16). The van der Waals surface area contributed by atoms with E-state index < -0.39 is 22.8 Å². The van der Waals surface area contributed by atoms with Gasteiger partial charge in [-0.15, -0.1) is 0 Å². The lowest BCUT2D eigenvalue weighted by atomic mass is 9.61. The first kappa shape index (κ1) is 13.2. The van der Waals surface area contributed by atoms with Crippen molar-refractivity contribution in [2.75, 3.05) is 0 Å². The number of carbonyl (C=O) groups is 2. The largest absolute Gasteiger partial charge is 0.460 e. The van der Waals surface area contributed by atoms with Gasteiger partial charge in [-0.3, -0.25) is 4.79 Å². The molecular weight excluding hydrogens is 234 g/mol. The van der Waals surface area contributed by atoms with Crippen LogP contribution in [0.15, 0.2) is 0 Å². The van der Waals surface area contributed by atoms with Crippen LogP contribution in [0.4, 0.5) is 4.79 Å². The van der Waals surface area contributed by atoms with Crippen molar-refractivity contribution in [3.63, 3.8) is 0 Å². The van der Waals surface area contributed by atoms with Crippen molar-refractivity contribution < 1.29 is 19.1 Å². The summed E-state index contributed by atoms with van der Waals surface area (Å²) >= 11 is 0. The van der Waals surface area contributed by atoms with Crippen molar-refractivity contribution in [2.45, 2.75) is 64.2 Å². The first-order chi connectivity index (χ1) is 8.05. The molecule has 1 aliphatic heterocycles. The fourth-order valence-electron chi connectivity index (χ4n) is 2.63. The summed E-state index contributed by atoms with van der Waals surface area (Å²) in [6.07, 6.45) is 0.768. The molecule has 2 rings (SSSR count). The molecule has 1 spiro atoms. The molecule has 1 heterocycles. The molecule has 18 heavy (non-hydrogen) atoms. The topological polar surface area (TPSA) is 64.6 Å². The smallest absolute Gasteiger partial charge is 0.408 e. The van der Waals surface area contributed by atoms with Crippen molar-refractivity contribution in [1.29, 1.82) is 0 Å². The molecule has 0 aromatic rings. The molecule has 0 radical (unpaired) electrons. The molecule has 0 aromatic heterocycles. The number of rotatable bonds is 1. The van der Waals surface area contributed by atoms with E-state index in [4.69, 9.17) is 9.47 Å². The van der Waals surface area contributed by atoms with E-state index in [-0.39, 0.29) is 11.9 Å². The van der Waals surface area contributed by atoms with Crippen LogP contribution in [0.25, 0.3) is 0 Å². The fourth-order valence-corrected chi connectivity index (χ4v) is 2.63. The number of amides is 1. The maximum Gasteiger partial charge on any atom is 0.408 e. The summed E-state index contributed by atoms with van der Waals surface area (Å²) in [7, 11) is 0. The molecule has 5 nitrogen and oxygen atoms in total. The number of hydrogen-bond acceptors (Lipinski definition) is 4. The lowest BCUT2D eigenvalue weighted by Crippen LogP contribution is -2.64. The van der Waals surface area contributed by atoms with Gasteiger partial charge in [-0.05, 0) is 47.5 Å². The third kappa shape index (κ3) is 2.06. The number of nitrogens with one attached hydrogen (secondary N) is 1. The number of cyclic esters (lactones) is 1. The van der Waals surface area contributed by atoms with E-state index in [1.165, 1.54) is 0 Å². The number of hydrogen-bond donors (Lipinski definition) is 1. The Hall–Kier alpha value is -1.26. The molecule has 102 valence electrons. The summed E-state index contributed by atoms with van der Waals surface area (Å²) in [4.78, 5) is 23.2. The van der Waals surface area contributed by atoms with Crippen LogP contribution in [-0.2, 0) is 14.3 Å². The Balaban J connectivity index is 1.98. The highest BCUT2D eigenvalue weighted by Crippen LogP contribution is 2.50. The van der Waals surface area contributed by atoms with Crippen LogP contribution in [0.2, 0.25) is 0 Å². The Morgan fingerprint density at radius 2 is 1.94 bits per heavy atom. The number of esters is 1. The van der Waals surface area contributed by atoms with E-state index in [1.807, 2.05) is 34.6 Å². The third-order valence-electron chi connectivity index (χ3n) is 3.77. The zero-order valence-corrected chi connectivity index (χ0v) is 11.6. The highest BCUT2D eigenvalue weighted by Gasteiger charge is 2.63. The van der Waals surface area contributed by atoms with Gasteiger partial charge in [-0.2, -0.15) is 0 Å². The maximum absolute atomic E-state index is 11.9. The molecule has 2 aliphatic rings. The Bertz CT molecular complexity index is 388. The Morgan fingerprint density at radius 1 is 1.39 bits per heavy atom. The normalized spacial score (nSPS) is 33.6. The summed E-state index contributed by atoms with van der Waals surface area (Å²) in [5, 5.41) is 2.84. The molecule has 1 saturated carbocycles. The van der Waals surface area contributed by atoms with Gasteiger partial charge in [0.2, 0.25) is 0 Å². The minimum atomic E-state index is -0.567. The van der Waals surface area contributed by atoms with Crippen molar-refractivity contribution in [3.8, 4) is 0 Å². The first-order valence-electron chi connectivity index (χ1n) is 6.29. The molecule has 0 bridgehead atoms. The van der Waals surface area contributed by atoms with Crippen molar-refractivity contribution in [1.82, 2.24) is 5.32 Å². The van der Waals surface area contributed by atoms with E-state index in [2.05, 4.69) is 5.32 Å². The Kier molecular flexibility index (Phi) is 2.65. The van der Waals surface area contributed by atoms with E-state index in [0.717, 1.165) is 0 Å². The SMILES string of the molecule is CC(C)(C)OC(=O)C1CC2(C1)NC(=O)OC2(C)C. The molecule has 0 atom stereocenters. The van der Waals surface area contributed by atoms with Gasteiger partial charge in [0.05, 0.1) is 11.5 Å². The van der Waals surface area contributed by atoms with Crippen LogP contribution < -0.4 is 5.32 Å².